The zero-order valence-electron chi connectivity index (χ0n) is 14.8. The fourth-order valence-corrected chi connectivity index (χ4v) is 3.41. The first-order valence-electron chi connectivity index (χ1n) is 8.77. The van der Waals surface area contributed by atoms with Crippen LogP contribution in [0, 0.1) is 5.82 Å². The van der Waals surface area contributed by atoms with Crippen LogP contribution in [-0.4, -0.2) is 32.1 Å². The molecule has 1 heterocycles. The Balaban J connectivity index is 1.63. The molecule has 0 bridgehead atoms. The number of benzene rings is 2. The topological polar surface area (TPSA) is 67.6 Å². The number of nitrogens with one attached hydrogen (secondary N) is 1. The molecule has 0 radical (unpaired) electrons. The Morgan fingerprint density at radius 1 is 1.19 bits per heavy atom. The van der Waals surface area contributed by atoms with E-state index in [0.29, 0.717) is 5.56 Å². The second-order valence-corrected chi connectivity index (χ2v) is 6.49. The van der Waals surface area contributed by atoms with Crippen LogP contribution in [0.15, 0.2) is 48.5 Å². The molecule has 1 fully saturated rings. The molecule has 5 nitrogen and oxygen atoms in total. The van der Waals surface area contributed by atoms with Crippen molar-refractivity contribution in [1.29, 1.82) is 0 Å². The molecule has 1 saturated heterocycles. The van der Waals surface area contributed by atoms with Crippen LogP contribution in [0.2, 0.25) is 0 Å². The van der Waals surface area contributed by atoms with Gasteiger partial charge in [-0.3, -0.25) is 10.1 Å². The van der Waals surface area contributed by atoms with Crippen molar-refractivity contribution in [1.82, 2.24) is 5.32 Å². The summed E-state index contributed by atoms with van der Waals surface area (Å²) in [6.07, 6.45) is 1.76. The molecule has 0 aromatic heterocycles. The third-order valence-corrected chi connectivity index (χ3v) is 4.81. The monoisotopic (exact) mass is 357 g/mol. The Morgan fingerprint density at radius 3 is 2.46 bits per heavy atom. The van der Waals surface area contributed by atoms with Gasteiger partial charge in [0.1, 0.15) is 17.6 Å². The molecule has 1 unspecified atom stereocenters. The summed E-state index contributed by atoms with van der Waals surface area (Å²) in [7, 11) is 1.67. The molecule has 2 aromatic carbocycles. The van der Waals surface area contributed by atoms with E-state index in [0.717, 1.165) is 37.4 Å². The zero-order valence-corrected chi connectivity index (χ0v) is 14.8. The van der Waals surface area contributed by atoms with Crippen molar-refractivity contribution >= 4 is 11.6 Å². The average Bonchev–Trinajstić information content (AvgIpc) is 2.67. The second kappa shape index (κ2) is 8.19. The summed E-state index contributed by atoms with van der Waals surface area (Å²) in [6.45, 7) is 1.71. The van der Waals surface area contributed by atoms with E-state index in [4.69, 9.17) is 10.5 Å². The molecule has 3 rings (SSSR count). The van der Waals surface area contributed by atoms with Gasteiger partial charge in [0.05, 0.1) is 12.8 Å². The first kappa shape index (κ1) is 18.2. The zero-order chi connectivity index (χ0) is 18.5. The number of carbonyl (C=O) groups excluding carboxylic acids is 1. The van der Waals surface area contributed by atoms with Crippen LogP contribution in [0.4, 0.5) is 10.1 Å². The number of methoxy groups -OCH3 is 1. The molecule has 138 valence electrons. The van der Waals surface area contributed by atoms with Gasteiger partial charge in [0.25, 0.3) is 0 Å². The first-order chi connectivity index (χ1) is 12.6. The van der Waals surface area contributed by atoms with Crippen LogP contribution in [0.1, 0.15) is 24.4 Å². The fraction of sp³-hybridized carbons (Fsp3) is 0.350. The lowest BCUT2D eigenvalue weighted by Crippen LogP contribution is -2.46. The van der Waals surface area contributed by atoms with Crippen molar-refractivity contribution in [2.24, 2.45) is 5.73 Å². The minimum atomic E-state index is -0.613. The number of piperidine rings is 1. The van der Waals surface area contributed by atoms with E-state index < -0.39 is 11.9 Å². The highest BCUT2D eigenvalue weighted by Crippen LogP contribution is 2.30. The van der Waals surface area contributed by atoms with Crippen LogP contribution in [0.3, 0.4) is 0 Å². The summed E-state index contributed by atoms with van der Waals surface area (Å²) in [4.78, 5) is 14.2. The van der Waals surface area contributed by atoms with Crippen LogP contribution < -0.4 is 20.7 Å². The number of anilines is 1. The van der Waals surface area contributed by atoms with Crippen molar-refractivity contribution < 1.29 is 13.9 Å². The van der Waals surface area contributed by atoms with Gasteiger partial charge in [-0.05, 0) is 42.7 Å². The summed E-state index contributed by atoms with van der Waals surface area (Å²) < 4.78 is 18.6. The molecule has 3 N–H and O–H groups in total. The van der Waals surface area contributed by atoms with Crippen molar-refractivity contribution in [2.45, 2.75) is 24.9 Å². The van der Waals surface area contributed by atoms with Crippen molar-refractivity contribution in [3.8, 4) is 5.75 Å². The number of primary amides is 1. The van der Waals surface area contributed by atoms with E-state index in [9.17, 15) is 9.18 Å². The minimum absolute atomic E-state index is 0.170. The number of carbonyl (C=O) groups is 1. The highest BCUT2D eigenvalue weighted by Gasteiger charge is 2.26. The van der Waals surface area contributed by atoms with Gasteiger partial charge in [-0.15, -0.1) is 0 Å². The number of nitrogens with zero attached hydrogens (tertiary/aromatic N) is 1. The van der Waals surface area contributed by atoms with Crippen molar-refractivity contribution in [2.75, 3.05) is 25.1 Å². The number of amides is 1. The maximum atomic E-state index is 13.1. The van der Waals surface area contributed by atoms with E-state index in [1.54, 1.807) is 19.2 Å². The van der Waals surface area contributed by atoms with Crippen LogP contribution in [0.5, 0.6) is 5.75 Å². The molecular weight excluding hydrogens is 333 g/mol. The summed E-state index contributed by atoms with van der Waals surface area (Å²) in [5.41, 5.74) is 7.33. The minimum Gasteiger partial charge on any atom is -0.495 e. The standard InChI is InChI=1S/C20H24FN3O2/c1-26-18-5-3-2-4-17(18)24-12-10-16(11-13-24)23-19(20(22)25)14-6-8-15(21)9-7-14/h2-9,16,19,23H,10-13H2,1H3,(H2,22,25). The lowest BCUT2D eigenvalue weighted by atomic mass is 10.00. The molecule has 0 spiro atoms. The van der Waals surface area contributed by atoms with Crippen LogP contribution in [0.25, 0.3) is 0 Å². The number of para-hydroxylation sites is 2. The van der Waals surface area contributed by atoms with Crippen LogP contribution in [-0.2, 0) is 4.79 Å². The van der Waals surface area contributed by atoms with Gasteiger partial charge < -0.3 is 15.4 Å². The third-order valence-electron chi connectivity index (χ3n) is 4.81. The number of ether oxygens (including phenoxy) is 1. The number of halogens is 1. The summed E-state index contributed by atoms with van der Waals surface area (Å²) >= 11 is 0. The highest BCUT2D eigenvalue weighted by atomic mass is 19.1. The van der Waals surface area contributed by atoms with Gasteiger partial charge in [-0.25, -0.2) is 4.39 Å². The Bertz CT molecular complexity index is 743. The Hall–Kier alpha value is -2.60. The first-order valence-corrected chi connectivity index (χ1v) is 8.77. The third kappa shape index (κ3) is 4.14. The smallest absolute Gasteiger partial charge is 0.239 e. The van der Waals surface area contributed by atoms with E-state index in [1.807, 2.05) is 18.2 Å². The predicted octanol–water partition coefficient (Wildman–Crippen LogP) is 2.62. The fourth-order valence-electron chi connectivity index (χ4n) is 3.41. The van der Waals surface area contributed by atoms with Gasteiger partial charge >= 0.3 is 0 Å². The maximum Gasteiger partial charge on any atom is 0.239 e. The Morgan fingerprint density at radius 2 is 1.85 bits per heavy atom. The number of hydrogen-bond acceptors (Lipinski definition) is 4. The molecule has 6 heteroatoms. The van der Waals surface area contributed by atoms with Crippen LogP contribution >= 0.6 is 0 Å². The van der Waals surface area contributed by atoms with E-state index in [1.165, 1.54) is 12.1 Å². The number of nitrogens with two attached hydrogens (primary N) is 1. The van der Waals surface area contributed by atoms with E-state index in [-0.39, 0.29) is 11.9 Å². The molecule has 1 aliphatic rings. The Labute approximate surface area is 152 Å². The summed E-state index contributed by atoms with van der Waals surface area (Å²) in [5.74, 6) is 0.0751. The molecule has 26 heavy (non-hydrogen) atoms. The molecule has 2 aromatic rings. The van der Waals surface area contributed by atoms with E-state index in [2.05, 4.69) is 16.3 Å². The molecular formula is C20H24FN3O2. The quantitative estimate of drug-likeness (QED) is 0.834. The van der Waals surface area contributed by atoms with E-state index >= 15 is 0 Å². The largest absolute Gasteiger partial charge is 0.495 e. The summed E-state index contributed by atoms with van der Waals surface area (Å²) in [6, 6.07) is 13.4. The number of hydrogen-bond donors (Lipinski definition) is 2. The molecule has 0 aliphatic carbocycles. The Kier molecular flexibility index (Phi) is 5.73. The normalized spacial score (nSPS) is 16.3. The second-order valence-electron chi connectivity index (χ2n) is 6.49. The van der Waals surface area contributed by atoms with Gasteiger partial charge in [0.2, 0.25) is 5.91 Å². The SMILES string of the molecule is COc1ccccc1N1CCC(NC(C(N)=O)c2ccc(F)cc2)CC1. The van der Waals surface area contributed by atoms with Gasteiger partial charge in [0.15, 0.2) is 0 Å². The average molecular weight is 357 g/mol. The van der Waals surface area contributed by atoms with Crippen molar-refractivity contribution in [3.05, 3.63) is 59.9 Å². The van der Waals surface area contributed by atoms with Gasteiger partial charge in [0, 0.05) is 19.1 Å². The predicted molar refractivity (Wildman–Crippen MR) is 99.7 cm³/mol. The van der Waals surface area contributed by atoms with Crippen molar-refractivity contribution in [3.63, 3.8) is 0 Å². The summed E-state index contributed by atoms with van der Waals surface area (Å²) in [5, 5.41) is 3.34. The highest BCUT2D eigenvalue weighted by molar-refractivity contribution is 5.81. The number of rotatable bonds is 6. The molecule has 1 atom stereocenters. The molecule has 0 saturated carbocycles. The lowest BCUT2D eigenvalue weighted by molar-refractivity contribution is -0.120. The lowest BCUT2D eigenvalue weighted by Gasteiger charge is -2.36. The molecule has 1 amide bonds. The van der Waals surface area contributed by atoms with Gasteiger partial charge in [-0.2, -0.15) is 0 Å². The maximum absolute atomic E-state index is 13.1. The van der Waals surface area contributed by atoms with Gasteiger partial charge in [-0.1, -0.05) is 24.3 Å². The molecule has 1 aliphatic heterocycles.